The van der Waals surface area contributed by atoms with Gasteiger partial charge >= 0.3 is 0 Å². The molecule has 2 N–H and O–H groups in total. The molecule has 1 heterocycles. The van der Waals surface area contributed by atoms with E-state index in [0.717, 1.165) is 25.0 Å². The number of thiazole rings is 1. The number of hydrogen-bond donors (Lipinski definition) is 2. The molecule has 4 nitrogen and oxygen atoms in total. The fourth-order valence-electron chi connectivity index (χ4n) is 3.03. The highest BCUT2D eigenvalue weighted by atomic mass is 32.1. The Morgan fingerprint density at radius 2 is 2.20 bits per heavy atom. The number of nitrogens with one attached hydrogen (secondary N) is 1. The standard InChI is InChI=1S/C15H24N2O2S/c1-3-12-13(20-10-16-12)14(19)17-15(2,9-18)11-7-5-4-6-8-11/h10-11,18H,3-9H2,1-2H3,(H,17,19). The van der Waals surface area contributed by atoms with Crippen molar-refractivity contribution in [3.8, 4) is 0 Å². The molecule has 1 unspecified atom stereocenters. The molecule has 1 aromatic heterocycles. The first-order valence-corrected chi connectivity index (χ1v) is 8.34. The maximum absolute atomic E-state index is 12.5. The maximum Gasteiger partial charge on any atom is 0.263 e. The number of amides is 1. The average molecular weight is 296 g/mol. The van der Waals surface area contributed by atoms with E-state index in [4.69, 9.17) is 0 Å². The number of carbonyl (C=O) groups excluding carboxylic acids is 1. The molecule has 2 rings (SSSR count). The first-order valence-electron chi connectivity index (χ1n) is 7.46. The van der Waals surface area contributed by atoms with Crippen LogP contribution in [-0.2, 0) is 6.42 Å². The Morgan fingerprint density at radius 3 is 2.80 bits per heavy atom. The van der Waals surface area contributed by atoms with E-state index in [1.54, 1.807) is 5.51 Å². The minimum Gasteiger partial charge on any atom is -0.394 e. The van der Waals surface area contributed by atoms with Crippen molar-refractivity contribution in [1.82, 2.24) is 10.3 Å². The molecule has 0 radical (unpaired) electrons. The lowest BCUT2D eigenvalue weighted by atomic mass is 9.76. The van der Waals surface area contributed by atoms with Gasteiger partial charge in [-0.2, -0.15) is 0 Å². The van der Waals surface area contributed by atoms with E-state index < -0.39 is 5.54 Å². The molecule has 0 aliphatic heterocycles. The number of hydrogen-bond acceptors (Lipinski definition) is 4. The topological polar surface area (TPSA) is 62.2 Å². The third-order valence-electron chi connectivity index (χ3n) is 4.42. The second-order valence-electron chi connectivity index (χ2n) is 5.85. The molecule has 5 heteroatoms. The molecular weight excluding hydrogens is 272 g/mol. The van der Waals surface area contributed by atoms with Crippen molar-refractivity contribution in [2.45, 2.75) is 57.9 Å². The lowest BCUT2D eigenvalue weighted by Crippen LogP contribution is -2.54. The molecule has 0 bridgehead atoms. The van der Waals surface area contributed by atoms with E-state index in [9.17, 15) is 9.90 Å². The summed E-state index contributed by atoms with van der Waals surface area (Å²) >= 11 is 1.38. The summed E-state index contributed by atoms with van der Waals surface area (Å²) in [5.41, 5.74) is 2.04. The molecule has 20 heavy (non-hydrogen) atoms. The van der Waals surface area contributed by atoms with Gasteiger partial charge in [-0.1, -0.05) is 26.2 Å². The molecule has 1 aliphatic carbocycles. The van der Waals surface area contributed by atoms with Crippen molar-refractivity contribution in [2.75, 3.05) is 6.61 Å². The van der Waals surface area contributed by atoms with E-state index in [0.29, 0.717) is 10.8 Å². The number of aryl methyl sites for hydroxylation is 1. The van der Waals surface area contributed by atoms with Gasteiger partial charge in [-0.25, -0.2) is 4.98 Å². The highest BCUT2D eigenvalue weighted by molar-refractivity contribution is 7.11. The minimum absolute atomic E-state index is 0.0102. The van der Waals surface area contributed by atoms with E-state index in [1.807, 2.05) is 13.8 Å². The van der Waals surface area contributed by atoms with Crippen molar-refractivity contribution < 1.29 is 9.90 Å². The third-order valence-corrected chi connectivity index (χ3v) is 5.28. The van der Waals surface area contributed by atoms with E-state index in [-0.39, 0.29) is 12.5 Å². The highest BCUT2D eigenvalue weighted by Gasteiger charge is 2.36. The summed E-state index contributed by atoms with van der Waals surface area (Å²) in [7, 11) is 0. The number of aromatic nitrogens is 1. The normalized spacial score (nSPS) is 19.6. The van der Waals surface area contributed by atoms with Crippen LogP contribution >= 0.6 is 11.3 Å². The van der Waals surface area contributed by atoms with Crippen LogP contribution in [0.25, 0.3) is 0 Å². The molecule has 1 atom stereocenters. The molecule has 1 aliphatic rings. The minimum atomic E-state index is -0.521. The first-order chi connectivity index (χ1) is 9.60. The Balaban J connectivity index is 2.10. The fourth-order valence-corrected chi connectivity index (χ4v) is 3.81. The molecule has 112 valence electrons. The summed E-state index contributed by atoms with van der Waals surface area (Å²) in [4.78, 5) is 17.4. The van der Waals surface area contributed by atoms with Crippen LogP contribution in [0.3, 0.4) is 0 Å². The van der Waals surface area contributed by atoms with Gasteiger partial charge < -0.3 is 10.4 Å². The first kappa shape index (κ1) is 15.4. The molecule has 1 saturated carbocycles. The van der Waals surface area contributed by atoms with E-state index in [1.165, 1.54) is 30.6 Å². The van der Waals surface area contributed by atoms with Crippen LogP contribution in [0.2, 0.25) is 0 Å². The zero-order valence-electron chi connectivity index (χ0n) is 12.3. The zero-order chi connectivity index (χ0) is 14.6. The van der Waals surface area contributed by atoms with Crippen LogP contribution in [0.15, 0.2) is 5.51 Å². The monoisotopic (exact) mass is 296 g/mol. The Morgan fingerprint density at radius 1 is 1.50 bits per heavy atom. The molecule has 1 aromatic rings. The highest BCUT2D eigenvalue weighted by Crippen LogP contribution is 2.33. The van der Waals surface area contributed by atoms with Gasteiger partial charge in [-0.3, -0.25) is 4.79 Å². The largest absolute Gasteiger partial charge is 0.394 e. The third kappa shape index (κ3) is 3.20. The average Bonchev–Trinajstić information content (AvgIpc) is 2.96. The number of rotatable bonds is 5. The summed E-state index contributed by atoms with van der Waals surface area (Å²) in [6, 6.07) is 0. The van der Waals surface area contributed by atoms with Crippen molar-refractivity contribution in [3.05, 3.63) is 16.1 Å². The van der Waals surface area contributed by atoms with Crippen molar-refractivity contribution in [3.63, 3.8) is 0 Å². The Bertz CT molecular complexity index is 454. The van der Waals surface area contributed by atoms with Gasteiger partial charge in [-0.15, -0.1) is 11.3 Å². The van der Waals surface area contributed by atoms with Crippen LogP contribution in [0.5, 0.6) is 0 Å². The van der Waals surface area contributed by atoms with Gasteiger partial charge in [-0.05, 0) is 32.1 Å². The van der Waals surface area contributed by atoms with Crippen LogP contribution in [0.1, 0.15) is 61.3 Å². The predicted octanol–water partition coefficient (Wildman–Crippen LogP) is 2.77. The van der Waals surface area contributed by atoms with Gasteiger partial charge in [0.05, 0.1) is 23.4 Å². The molecule has 1 fully saturated rings. The number of carbonyl (C=O) groups is 1. The Hall–Kier alpha value is -0.940. The number of aliphatic hydroxyl groups is 1. The van der Waals surface area contributed by atoms with Gasteiger partial charge in [0.2, 0.25) is 0 Å². The maximum atomic E-state index is 12.5. The van der Waals surface area contributed by atoms with Gasteiger partial charge in [0, 0.05) is 0 Å². The van der Waals surface area contributed by atoms with Crippen LogP contribution < -0.4 is 5.32 Å². The Labute approximate surface area is 124 Å². The SMILES string of the molecule is CCc1ncsc1C(=O)NC(C)(CO)C1CCCCC1. The smallest absolute Gasteiger partial charge is 0.263 e. The quantitative estimate of drug-likeness (QED) is 0.878. The lowest BCUT2D eigenvalue weighted by molar-refractivity contribution is 0.0682. The fraction of sp³-hybridized carbons (Fsp3) is 0.733. The lowest BCUT2D eigenvalue weighted by Gasteiger charge is -2.39. The predicted molar refractivity (Wildman–Crippen MR) is 81.0 cm³/mol. The molecular formula is C15H24N2O2S. The summed E-state index contributed by atoms with van der Waals surface area (Å²) in [6.07, 6.45) is 6.57. The summed E-state index contributed by atoms with van der Waals surface area (Å²) < 4.78 is 0. The molecule has 0 saturated heterocycles. The molecule has 0 spiro atoms. The summed E-state index contributed by atoms with van der Waals surface area (Å²) in [6.45, 7) is 3.95. The molecule has 1 amide bonds. The zero-order valence-corrected chi connectivity index (χ0v) is 13.1. The van der Waals surface area contributed by atoms with Gasteiger partial charge in [0.15, 0.2) is 0 Å². The number of aliphatic hydroxyl groups excluding tert-OH is 1. The summed E-state index contributed by atoms with van der Waals surface area (Å²) in [5, 5.41) is 12.9. The van der Waals surface area contributed by atoms with Crippen LogP contribution in [0, 0.1) is 5.92 Å². The second-order valence-corrected chi connectivity index (χ2v) is 6.70. The van der Waals surface area contributed by atoms with Crippen molar-refractivity contribution in [1.29, 1.82) is 0 Å². The van der Waals surface area contributed by atoms with E-state index >= 15 is 0 Å². The number of nitrogens with zero attached hydrogens (tertiary/aromatic N) is 1. The van der Waals surface area contributed by atoms with Crippen LogP contribution in [0.4, 0.5) is 0 Å². The van der Waals surface area contributed by atoms with Gasteiger partial charge in [0.1, 0.15) is 4.88 Å². The Kier molecular flexibility index (Phi) is 5.16. The van der Waals surface area contributed by atoms with Gasteiger partial charge in [0.25, 0.3) is 5.91 Å². The van der Waals surface area contributed by atoms with E-state index in [2.05, 4.69) is 10.3 Å². The van der Waals surface area contributed by atoms with Crippen LogP contribution in [-0.4, -0.2) is 28.1 Å². The summed E-state index contributed by atoms with van der Waals surface area (Å²) in [5.74, 6) is 0.273. The van der Waals surface area contributed by atoms with Crippen molar-refractivity contribution in [2.24, 2.45) is 5.92 Å². The van der Waals surface area contributed by atoms with Crippen molar-refractivity contribution >= 4 is 17.2 Å². The second kappa shape index (κ2) is 6.68. The molecule has 0 aromatic carbocycles.